The number of carboxylic acid groups (broad SMARTS) is 1. The summed E-state index contributed by atoms with van der Waals surface area (Å²) in [5.41, 5.74) is 3.10. The minimum absolute atomic E-state index is 0.0386. The highest BCUT2D eigenvalue weighted by molar-refractivity contribution is 6.21. The average Bonchev–Trinajstić information content (AvgIpc) is 2.91. The van der Waals surface area contributed by atoms with Gasteiger partial charge in [0.15, 0.2) is 6.61 Å². The summed E-state index contributed by atoms with van der Waals surface area (Å²) in [5, 5.41) is 14.6. The normalized spacial score (nSPS) is 17.7. The summed E-state index contributed by atoms with van der Waals surface area (Å²) in [4.78, 5) is 10.8. The van der Waals surface area contributed by atoms with Crippen molar-refractivity contribution in [2.75, 3.05) is 13.2 Å². The van der Waals surface area contributed by atoms with Crippen LogP contribution in [0.5, 0.6) is 11.5 Å². The van der Waals surface area contributed by atoms with Crippen molar-refractivity contribution in [3.63, 3.8) is 0 Å². The van der Waals surface area contributed by atoms with Gasteiger partial charge in [-0.3, -0.25) is 5.32 Å². The van der Waals surface area contributed by atoms with Crippen molar-refractivity contribution in [3.8, 4) is 11.5 Å². The van der Waals surface area contributed by atoms with Gasteiger partial charge in [0.05, 0.1) is 0 Å². The van der Waals surface area contributed by atoms with Gasteiger partial charge in [-0.05, 0) is 52.9 Å². The van der Waals surface area contributed by atoms with Crippen LogP contribution in [-0.4, -0.2) is 30.3 Å². The van der Waals surface area contributed by atoms with Gasteiger partial charge >= 0.3 is 5.97 Å². The first kappa shape index (κ1) is 24.2. The highest BCUT2D eigenvalue weighted by Crippen LogP contribution is 2.41. The Morgan fingerprint density at radius 2 is 1.75 bits per heavy atom. The van der Waals surface area contributed by atoms with Gasteiger partial charge in [0, 0.05) is 18.0 Å². The van der Waals surface area contributed by atoms with Crippen LogP contribution in [0.15, 0.2) is 91.0 Å². The number of hydrogen-bond acceptors (Lipinski definition) is 4. The number of benzene rings is 4. The molecule has 0 saturated heterocycles. The second kappa shape index (κ2) is 11.0. The Morgan fingerprint density at radius 1 is 1.00 bits per heavy atom. The number of alkyl halides is 1. The Morgan fingerprint density at radius 3 is 2.58 bits per heavy atom. The van der Waals surface area contributed by atoms with Gasteiger partial charge in [-0.1, -0.05) is 72.8 Å². The fourth-order valence-corrected chi connectivity index (χ4v) is 5.18. The molecule has 0 aliphatic carbocycles. The van der Waals surface area contributed by atoms with Gasteiger partial charge in [0.1, 0.15) is 23.1 Å². The SMILES string of the molecule is O=C(O)COc1ccc(C2CC(CCNC(Cl)c3cccc4ccccc34)Oc3ccccc32)cc1. The van der Waals surface area contributed by atoms with Crippen molar-refractivity contribution in [2.24, 2.45) is 0 Å². The number of rotatable bonds is 9. The lowest BCUT2D eigenvalue weighted by atomic mass is 9.83. The van der Waals surface area contributed by atoms with Crippen molar-refractivity contribution in [3.05, 3.63) is 108 Å². The molecule has 0 spiro atoms. The molecular weight excluding hydrogens is 474 g/mol. The van der Waals surface area contributed by atoms with Crippen LogP contribution < -0.4 is 14.8 Å². The van der Waals surface area contributed by atoms with E-state index in [1.807, 2.05) is 60.7 Å². The van der Waals surface area contributed by atoms with Crippen molar-refractivity contribution >= 4 is 28.3 Å². The van der Waals surface area contributed by atoms with Crippen LogP contribution in [0.3, 0.4) is 0 Å². The van der Waals surface area contributed by atoms with E-state index in [4.69, 9.17) is 26.2 Å². The van der Waals surface area contributed by atoms with E-state index in [9.17, 15) is 4.79 Å². The van der Waals surface area contributed by atoms with Gasteiger partial charge in [-0.15, -0.1) is 11.6 Å². The van der Waals surface area contributed by atoms with E-state index in [0.717, 1.165) is 47.2 Å². The molecule has 3 unspecified atom stereocenters. The van der Waals surface area contributed by atoms with Crippen molar-refractivity contribution in [1.82, 2.24) is 5.32 Å². The molecule has 4 aromatic carbocycles. The first-order chi connectivity index (χ1) is 17.6. The van der Waals surface area contributed by atoms with Crippen LogP contribution >= 0.6 is 11.6 Å². The lowest BCUT2D eigenvalue weighted by molar-refractivity contribution is -0.139. The first-order valence-corrected chi connectivity index (χ1v) is 12.6. The topological polar surface area (TPSA) is 67.8 Å². The molecule has 3 atom stereocenters. The maximum absolute atomic E-state index is 10.8. The fraction of sp³-hybridized carbons (Fsp3) is 0.233. The summed E-state index contributed by atoms with van der Waals surface area (Å²) in [5.74, 6) is 0.636. The predicted molar refractivity (Wildman–Crippen MR) is 142 cm³/mol. The third kappa shape index (κ3) is 5.48. The third-order valence-corrected chi connectivity index (χ3v) is 7.01. The fourth-order valence-electron chi connectivity index (χ4n) is 4.88. The van der Waals surface area contributed by atoms with Crippen LogP contribution in [0.2, 0.25) is 0 Å². The number of fused-ring (bicyclic) bond motifs is 2. The largest absolute Gasteiger partial charge is 0.490 e. The van der Waals surface area contributed by atoms with Gasteiger partial charge < -0.3 is 14.6 Å². The zero-order valence-electron chi connectivity index (χ0n) is 19.8. The maximum atomic E-state index is 10.8. The molecule has 4 aromatic rings. The van der Waals surface area contributed by atoms with Crippen molar-refractivity contribution in [2.45, 2.75) is 30.4 Å². The van der Waals surface area contributed by atoms with Gasteiger partial charge in [-0.25, -0.2) is 4.79 Å². The molecule has 6 heteroatoms. The van der Waals surface area contributed by atoms with E-state index in [0.29, 0.717) is 5.75 Å². The summed E-state index contributed by atoms with van der Waals surface area (Å²) < 4.78 is 11.7. The predicted octanol–water partition coefficient (Wildman–Crippen LogP) is 6.50. The van der Waals surface area contributed by atoms with E-state index >= 15 is 0 Å². The molecule has 0 saturated carbocycles. The van der Waals surface area contributed by atoms with Crippen LogP contribution in [0.25, 0.3) is 10.8 Å². The molecule has 5 rings (SSSR count). The Bertz CT molecular complexity index is 1340. The molecule has 0 amide bonds. The highest BCUT2D eigenvalue weighted by atomic mass is 35.5. The molecule has 36 heavy (non-hydrogen) atoms. The minimum Gasteiger partial charge on any atom is -0.490 e. The highest BCUT2D eigenvalue weighted by Gasteiger charge is 2.29. The molecule has 0 radical (unpaired) electrons. The van der Waals surface area contributed by atoms with E-state index < -0.39 is 5.97 Å². The second-order valence-corrected chi connectivity index (χ2v) is 9.43. The third-order valence-electron chi connectivity index (χ3n) is 6.62. The minimum atomic E-state index is -0.992. The van der Waals surface area contributed by atoms with Gasteiger partial charge in [0.25, 0.3) is 0 Å². The summed E-state index contributed by atoms with van der Waals surface area (Å²) >= 11 is 6.77. The molecule has 1 aliphatic rings. The smallest absolute Gasteiger partial charge is 0.341 e. The molecule has 1 aliphatic heterocycles. The zero-order valence-corrected chi connectivity index (χ0v) is 20.5. The standard InChI is InChI=1S/C30H28ClNO4/c31-30(26-10-5-7-20-6-1-2-8-24(20)26)32-17-16-23-18-27(25-9-3-4-11-28(25)36-23)21-12-14-22(15-13-21)35-19-29(33)34/h1-15,23,27,30,32H,16-19H2,(H,33,34). The Hall–Kier alpha value is -3.54. The molecule has 0 bridgehead atoms. The summed E-state index contributed by atoms with van der Waals surface area (Å²) in [7, 11) is 0. The lowest BCUT2D eigenvalue weighted by Crippen LogP contribution is -2.30. The second-order valence-electron chi connectivity index (χ2n) is 8.99. The molecule has 1 heterocycles. The lowest BCUT2D eigenvalue weighted by Gasteiger charge is -2.33. The Kier molecular flexibility index (Phi) is 7.40. The number of halogens is 1. The first-order valence-electron chi connectivity index (χ1n) is 12.1. The van der Waals surface area contributed by atoms with Crippen molar-refractivity contribution in [1.29, 1.82) is 0 Å². The Balaban J connectivity index is 1.26. The van der Waals surface area contributed by atoms with E-state index in [1.165, 1.54) is 5.39 Å². The monoisotopic (exact) mass is 501 g/mol. The van der Waals surface area contributed by atoms with E-state index in [1.54, 1.807) is 0 Å². The maximum Gasteiger partial charge on any atom is 0.341 e. The number of nitrogens with one attached hydrogen (secondary N) is 1. The number of carboxylic acids is 1. The van der Waals surface area contributed by atoms with E-state index in [-0.39, 0.29) is 24.1 Å². The molecule has 5 nitrogen and oxygen atoms in total. The van der Waals surface area contributed by atoms with Crippen LogP contribution in [0.4, 0.5) is 0 Å². The summed E-state index contributed by atoms with van der Waals surface area (Å²) in [6.45, 7) is 0.369. The number of hydrogen-bond donors (Lipinski definition) is 2. The summed E-state index contributed by atoms with van der Waals surface area (Å²) in [6, 6.07) is 30.3. The van der Waals surface area contributed by atoms with Crippen LogP contribution in [-0.2, 0) is 4.79 Å². The van der Waals surface area contributed by atoms with E-state index in [2.05, 4.69) is 35.6 Å². The molecule has 0 aromatic heterocycles. The van der Waals surface area contributed by atoms with Crippen LogP contribution in [0, 0.1) is 0 Å². The van der Waals surface area contributed by atoms with Crippen molar-refractivity contribution < 1.29 is 19.4 Å². The van der Waals surface area contributed by atoms with Gasteiger partial charge in [0.2, 0.25) is 0 Å². The number of carbonyl (C=O) groups is 1. The van der Waals surface area contributed by atoms with Gasteiger partial charge in [-0.2, -0.15) is 0 Å². The average molecular weight is 502 g/mol. The molecule has 184 valence electrons. The van der Waals surface area contributed by atoms with Crippen LogP contribution in [0.1, 0.15) is 41.0 Å². The number of ether oxygens (including phenoxy) is 2. The number of aliphatic carboxylic acids is 1. The Labute approximate surface area is 215 Å². The zero-order chi connectivity index (χ0) is 24.9. The molecular formula is C30H28ClNO4. The quantitative estimate of drug-likeness (QED) is 0.202. The molecule has 2 N–H and O–H groups in total. The molecule has 0 fully saturated rings. The number of para-hydroxylation sites is 1. The summed E-state index contributed by atoms with van der Waals surface area (Å²) in [6.07, 6.45) is 1.70.